The van der Waals surface area contributed by atoms with E-state index < -0.39 is 0 Å². The van der Waals surface area contributed by atoms with Gasteiger partial charge in [0, 0.05) is 25.2 Å². The van der Waals surface area contributed by atoms with E-state index in [1.54, 1.807) is 14.2 Å². The van der Waals surface area contributed by atoms with Gasteiger partial charge < -0.3 is 14.6 Å². The molecule has 0 saturated carbocycles. The van der Waals surface area contributed by atoms with E-state index in [4.69, 9.17) is 14.6 Å². The van der Waals surface area contributed by atoms with E-state index in [9.17, 15) is 0 Å². The summed E-state index contributed by atoms with van der Waals surface area (Å²) in [5, 5.41) is 9.04. The Hall–Kier alpha value is -1.52. The third-order valence-electron chi connectivity index (χ3n) is 2.68. The van der Waals surface area contributed by atoms with Crippen LogP contribution in [-0.4, -0.2) is 43.9 Å². The number of rotatable bonds is 8. The summed E-state index contributed by atoms with van der Waals surface area (Å²) in [6.07, 6.45) is 1.82. The lowest BCUT2D eigenvalue weighted by atomic mass is 10.1. The van der Waals surface area contributed by atoms with Crippen molar-refractivity contribution in [1.29, 1.82) is 0 Å². The van der Waals surface area contributed by atoms with Crippen LogP contribution in [0.5, 0.6) is 11.5 Å². The van der Waals surface area contributed by atoms with Crippen LogP contribution in [0.2, 0.25) is 0 Å². The summed E-state index contributed by atoms with van der Waals surface area (Å²) < 4.78 is 10.6. The number of nitrogens with zero attached hydrogens (tertiary/aromatic N) is 1. The molecule has 0 saturated heterocycles. The first-order valence-corrected chi connectivity index (χ1v) is 5.90. The van der Waals surface area contributed by atoms with E-state index in [0.29, 0.717) is 13.1 Å². The normalized spacial score (nSPS) is 10.4. The van der Waals surface area contributed by atoms with Crippen LogP contribution in [0.15, 0.2) is 30.9 Å². The highest BCUT2D eigenvalue weighted by atomic mass is 16.5. The van der Waals surface area contributed by atoms with Crippen molar-refractivity contribution in [3.05, 3.63) is 36.4 Å². The molecule has 4 heteroatoms. The Kier molecular flexibility index (Phi) is 6.25. The van der Waals surface area contributed by atoms with Gasteiger partial charge in [0.05, 0.1) is 20.8 Å². The Bertz CT molecular complexity index is 379. The molecule has 0 amide bonds. The summed E-state index contributed by atoms with van der Waals surface area (Å²) in [6, 6.07) is 5.79. The predicted octanol–water partition coefficient (Wildman–Crippen LogP) is 1.68. The number of aliphatic hydroxyl groups is 1. The van der Waals surface area contributed by atoms with E-state index in [1.807, 2.05) is 24.3 Å². The molecule has 0 aromatic heterocycles. The third-order valence-corrected chi connectivity index (χ3v) is 2.68. The van der Waals surface area contributed by atoms with Crippen LogP contribution in [0.4, 0.5) is 0 Å². The van der Waals surface area contributed by atoms with Crippen LogP contribution >= 0.6 is 0 Å². The molecule has 0 spiro atoms. The first kappa shape index (κ1) is 14.5. The van der Waals surface area contributed by atoms with E-state index in [2.05, 4.69) is 11.5 Å². The SMILES string of the molecule is C=CCN(CCO)Cc1cccc(OC)c1OC. The maximum absolute atomic E-state index is 9.04. The van der Waals surface area contributed by atoms with E-state index >= 15 is 0 Å². The molecule has 0 unspecified atom stereocenters. The van der Waals surface area contributed by atoms with Crippen molar-refractivity contribution < 1.29 is 14.6 Å². The summed E-state index contributed by atoms with van der Waals surface area (Å²) in [4.78, 5) is 2.09. The Morgan fingerprint density at radius 2 is 2.11 bits per heavy atom. The van der Waals surface area contributed by atoms with Gasteiger partial charge in [-0.05, 0) is 6.07 Å². The minimum atomic E-state index is 0.125. The molecule has 0 aliphatic heterocycles. The van der Waals surface area contributed by atoms with E-state index in [1.165, 1.54) is 0 Å². The zero-order valence-electron chi connectivity index (χ0n) is 11.1. The second-order valence-electron chi connectivity index (χ2n) is 3.90. The second-order valence-corrected chi connectivity index (χ2v) is 3.90. The predicted molar refractivity (Wildman–Crippen MR) is 72.1 cm³/mol. The first-order valence-electron chi connectivity index (χ1n) is 5.90. The van der Waals surface area contributed by atoms with Crippen molar-refractivity contribution in [3.63, 3.8) is 0 Å². The number of benzene rings is 1. The standard InChI is InChI=1S/C14H21NO3/c1-4-8-15(9-10-16)11-12-6-5-7-13(17-2)14(12)18-3/h4-7,16H,1,8-11H2,2-3H3. The summed E-state index contributed by atoms with van der Waals surface area (Å²) in [5.74, 6) is 1.46. The Morgan fingerprint density at radius 3 is 2.67 bits per heavy atom. The number of para-hydroxylation sites is 1. The Morgan fingerprint density at radius 1 is 1.33 bits per heavy atom. The van der Waals surface area contributed by atoms with Crippen LogP contribution in [0.25, 0.3) is 0 Å². The van der Waals surface area contributed by atoms with Gasteiger partial charge in [-0.2, -0.15) is 0 Å². The molecule has 0 radical (unpaired) electrons. The van der Waals surface area contributed by atoms with Gasteiger partial charge in [0.1, 0.15) is 0 Å². The van der Waals surface area contributed by atoms with Gasteiger partial charge in [-0.3, -0.25) is 4.90 Å². The quantitative estimate of drug-likeness (QED) is 0.714. The molecular weight excluding hydrogens is 230 g/mol. The Labute approximate surface area is 108 Å². The second kappa shape index (κ2) is 7.74. The molecule has 18 heavy (non-hydrogen) atoms. The van der Waals surface area contributed by atoms with Gasteiger partial charge in [-0.1, -0.05) is 18.2 Å². The molecular formula is C14H21NO3. The van der Waals surface area contributed by atoms with Crippen molar-refractivity contribution in [1.82, 2.24) is 4.90 Å². The maximum atomic E-state index is 9.04. The van der Waals surface area contributed by atoms with Crippen LogP contribution in [0, 0.1) is 0 Å². The lowest BCUT2D eigenvalue weighted by Crippen LogP contribution is -2.26. The molecule has 0 fully saturated rings. The number of hydrogen-bond donors (Lipinski definition) is 1. The number of aliphatic hydroxyl groups excluding tert-OH is 1. The van der Waals surface area contributed by atoms with Crippen LogP contribution < -0.4 is 9.47 Å². The van der Waals surface area contributed by atoms with Gasteiger partial charge >= 0.3 is 0 Å². The summed E-state index contributed by atoms with van der Waals surface area (Å²) >= 11 is 0. The maximum Gasteiger partial charge on any atom is 0.165 e. The summed E-state index contributed by atoms with van der Waals surface area (Å²) in [6.45, 7) is 5.86. The fraction of sp³-hybridized carbons (Fsp3) is 0.429. The van der Waals surface area contributed by atoms with Gasteiger partial charge in [0.15, 0.2) is 11.5 Å². The summed E-state index contributed by atoms with van der Waals surface area (Å²) in [7, 11) is 3.25. The van der Waals surface area contributed by atoms with Gasteiger partial charge in [0.2, 0.25) is 0 Å². The number of ether oxygens (including phenoxy) is 2. The monoisotopic (exact) mass is 251 g/mol. The zero-order chi connectivity index (χ0) is 13.4. The minimum Gasteiger partial charge on any atom is -0.493 e. The van der Waals surface area contributed by atoms with Crippen molar-refractivity contribution in [2.45, 2.75) is 6.54 Å². The lowest BCUT2D eigenvalue weighted by molar-refractivity contribution is 0.201. The number of methoxy groups -OCH3 is 2. The molecule has 0 aliphatic rings. The number of hydrogen-bond acceptors (Lipinski definition) is 4. The molecule has 1 N–H and O–H groups in total. The molecule has 0 bridgehead atoms. The van der Waals surface area contributed by atoms with Gasteiger partial charge in [-0.25, -0.2) is 0 Å². The smallest absolute Gasteiger partial charge is 0.165 e. The minimum absolute atomic E-state index is 0.125. The topological polar surface area (TPSA) is 41.9 Å². The van der Waals surface area contributed by atoms with Crippen molar-refractivity contribution in [2.24, 2.45) is 0 Å². The summed E-state index contributed by atoms with van der Waals surface area (Å²) in [5.41, 5.74) is 1.03. The van der Waals surface area contributed by atoms with Crippen LogP contribution in [0.3, 0.4) is 0 Å². The molecule has 1 aromatic carbocycles. The molecule has 4 nitrogen and oxygen atoms in total. The molecule has 0 heterocycles. The van der Waals surface area contributed by atoms with E-state index in [0.717, 1.165) is 23.6 Å². The average molecular weight is 251 g/mol. The third kappa shape index (κ3) is 3.75. The molecule has 0 atom stereocenters. The Balaban J connectivity index is 2.90. The fourth-order valence-electron chi connectivity index (χ4n) is 1.88. The highest BCUT2D eigenvalue weighted by molar-refractivity contribution is 5.46. The molecule has 1 rings (SSSR count). The van der Waals surface area contributed by atoms with Crippen molar-refractivity contribution in [3.8, 4) is 11.5 Å². The molecule has 0 aliphatic carbocycles. The van der Waals surface area contributed by atoms with E-state index in [-0.39, 0.29) is 6.61 Å². The lowest BCUT2D eigenvalue weighted by Gasteiger charge is -2.21. The molecule has 100 valence electrons. The zero-order valence-corrected chi connectivity index (χ0v) is 11.1. The van der Waals surface area contributed by atoms with Gasteiger partial charge in [-0.15, -0.1) is 6.58 Å². The van der Waals surface area contributed by atoms with Crippen molar-refractivity contribution in [2.75, 3.05) is 33.9 Å². The van der Waals surface area contributed by atoms with Crippen LogP contribution in [-0.2, 0) is 6.54 Å². The van der Waals surface area contributed by atoms with Crippen LogP contribution in [0.1, 0.15) is 5.56 Å². The highest BCUT2D eigenvalue weighted by Gasteiger charge is 2.12. The largest absolute Gasteiger partial charge is 0.493 e. The molecule has 1 aromatic rings. The average Bonchev–Trinajstić information content (AvgIpc) is 2.39. The fourth-order valence-corrected chi connectivity index (χ4v) is 1.88. The highest BCUT2D eigenvalue weighted by Crippen LogP contribution is 2.31. The van der Waals surface area contributed by atoms with Crippen molar-refractivity contribution >= 4 is 0 Å². The van der Waals surface area contributed by atoms with Gasteiger partial charge in [0.25, 0.3) is 0 Å². The first-order chi connectivity index (χ1) is 8.76.